The predicted octanol–water partition coefficient (Wildman–Crippen LogP) is 5.81. The number of esters is 2. The van der Waals surface area contributed by atoms with Gasteiger partial charge in [-0.05, 0) is 87.2 Å². The van der Waals surface area contributed by atoms with E-state index in [2.05, 4.69) is 83.1 Å². The first kappa shape index (κ1) is 34.6. The largest absolute Gasteiger partial charge is 0.496 e. The number of aliphatic hydroxyl groups is 1. The van der Waals surface area contributed by atoms with Crippen LogP contribution in [0.2, 0.25) is 0 Å². The second-order valence-corrected chi connectivity index (χ2v) is 16.3. The third kappa shape index (κ3) is 4.80. The molecule has 4 aliphatic heterocycles. The van der Waals surface area contributed by atoms with E-state index >= 15 is 0 Å². The van der Waals surface area contributed by atoms with Gasteiger partial charge >= 0.3 is 11.9 Å². The first-order valence-corrected chi connectivity index (χ1v) is 19.5. The molecule has 0 amide bonds. The number of likely N-dealkylation sites (N-methyl/N-ethyl adjacent to an activating group) is 1. The summed E-state index contributed by atoms with van der Waals surface area (Å²) in [4.78, 5) is 40.2. The number of methoxy groups -OCH3 is 3. The molecule has 4 aromatic rings. The highest BCUT2D eigenvalue weighted by Gasteiger charge is 2.64. The number of aromatic amines is 2. The number of ether oxygens (including phenoxy) is 3. The Labute approximate surface area is 310 Å². The first-order chi connectivity index (χ1) is 25.7. The lowest BCUT2D eigenvalue weighted by molar-refractivity contribution is -0.196. The van der Waals surface area contributed by atoms with Crippen LogP contribution in [0.15, 0.2) is 48.0 Å². The fraction of sp³-hybridized carbons (Fsp3) is 0.535. The molecule has 280 valence electrons. The minimum atomic E-state index is -0.898. The molecule has 0 radical (unpaired) electrons. The quantitative estimate of drug-likeness (QED) is 0.175. The zero-order valence-corrected chi connectivity index (χ0v) is 31.7. The Hall–Kier alpha value is -4.12. The summed E-state index contributed by atoms with van der Waals surface area (Å²) in [5.74, 6) is 0.275. The van der Waals surface area contributed by atoms with Crippen LogP contribution in [0.3, 0.4) is 0 Å². The second-order valence-electron chi connectivity index (χ2n) is 16.3. The maximum Gasteiger partial charge on any atom is 0.319 e. The van der Waals surface area contributed by atoms with Gasteiger partial charge in [-0.15, -0.1) is 0 Å². The van der Waals surface area contributed by atoms with Crippen molar-refractivity contribution in [3.63, 3.8) is 0 Å². The highest BCUT2D eigenvalue weighted by molar-refractivity contribution is 5.93. The maximum atomic E-state index is 14.2. The van der Waals surface area contributed by atoms with Crippen molar-refractivity contribution in [1.29, 1.82) is 0 Å². The molecule has 6 aliphatic rings. The van der Waals surface area contributed by atoms with E-state index in [1.165, 1.54) is 30.7 Å². The lowest BCUT2D eigenvalue weighted by Gasteiger charge is -2.59. The van der Waals surface area contributed by atoms with Gasteiger partial charge < -0.3 is 29.3 Å². The van der Waals surface area contributed by atoms with Gasteiger partial charge in [0, 0.05) is 75.8 Å². The predicted molar refractivity (Wildman–Crippen MR) is 203 cm³/mol. The number of nitrogens with zero attached hydrogens (tertiary/aromatic N) is 2. The molecular formula is C43H52N4O6. The third-order valence-electron chi connectivity index (χ3n) is 14.4. The normalized spacial score (nSPS) is 34.2. The van der Waals surface area contributed by atoms with Crippen molar-refractivity contribution in [2.75, 3.05) is 41.5 Å². The SMILES string of the molecule is CC=C1CN(C)C2Cc3c([nH]c4ccccc34)C(c3cc4[nH]c5c(c4cc3OC)CCN3C(O)C4CC5(C(=O)OC)C3CC4CC)CC1C2C(=O)OC. The van der Waals surface area contributed by atoms with Crippen LogP contribution in [0.25, 0.3) is 21.8 Å². The molecule has 4 fully saturated rings. The lowest BCUT2D eigenvalue weighted by Crippen LogP contribution is -2.69. The lowest BCUT2D eigenvalue weighted by atomic mass is 9.56. The number of para-hydroxylation sites is 1. The highest BCUT2D eigenvalue weighted by Crippen LogP contribution is 2.57. The van der Waals surface area contributed by atoms with Gasteiger partial charge in [0.25, 0.3) is 0 Å². The van der Waals surface area contributed by atoms with Crippen molar-refractivity contribution in [3.05, 3.63) is 76.1 Å². The van der Waals surface area contributed by atoms with Crippen LogP contribution in [0.4, 0.5) is 0 Å². The van der Waals surface area contributed by atoms with Gasteiger partial charge in [0.05, 0.1) is 27.2 Å². The summed E-state index contributed by atoms with van der Waals surface area (Å²) in [6.45, 7) is 5.74. The molecule has 3 N–H and O–H groups in total. The van der Waals surface area contributed by atoms with Gasteiger partial charge in [0.1, 0.15) is 17.4 Å². The smallest absolute Gasteiger partial charge is 0.319 e. The van der Waals surface area contributed by atoms with E-state index in [1.54, 1.807) is 7.11 Å². The summed E-state index contributed by atoms with van der Waals surface area (Å²) < 4.78 is 17.5. The molecule has 10 atom stereocenters. The van der Waals surface area contributed by atoms with E-state index in [1.807, 2.05) is 0 Å². The zero-order chi connectivity index (χ0) is 36.9. The Kier molecular flexibility index (Phi) is 8.33. The van der Waals surface area contributed by atoms with Crippen LogP contribution in [-0.4, -0.2) is 96.6 Å². The molecule has 1 saturated carbocycles. The number of aromatic nitrogens is 2. The summed E-state index contributed by atoms with van der Waals surface area (Å²) in [6, 6.07) is 12.7. The number of hydrogen-bond donors (Lipinski definition) is 3. The summed E-state index contributed by atoms with van der Waals surface area (Å²) in [6.07, 6.45) is 6.13. The topological polar surface area (TPSA) is 120 Å². The van der Waals surface area contributed by atoms with Crippen LogP contribution >= 0.6 is 0 Å². The monoisotopic (exact) mass is 720 g/mol. The number of piperidine rings is 3. The van der Waals surface area contributed by atoms with Gasteiger partial charge in [-0.3, -0.25) is 19.4 Å². The highest BCUT2D eigenvalue weighted by atomic mass is 16.5. The van der Waals surface area contributed by atoms with Gasteiger partial charge in [0.15, 0.2) is 0 Å². The standard InChI is InChI=1S/C43H52N4O6/c1-7-22-15-36-43(42(50)53-6)20-31(22)40(48)47(36)14-13-25-27-19-35(51-4)28(17-33(27)45-39(25)43)29-16-26-23(8-2)21-46(3)34(37(26)41(49)52-5)18-30-24-11-9-10-12-32(24)44-38(29)30/h8-12,17,19,22,26,29,31,34,36-37,40,44-45,48H,7,13-16,18,20-21H2,1-6H3. The molecule has 2 aliphatic carbocycles. The van der Waals surface area contributed by atoms with Gasteiger partial charge in [-0.1, -0.05) is 43.2 Å². The number of aliphatic hydroxyl groups excluding tert-OH is 1. The van der Waals surface area contributed by atoms with Crippen molar-refractivity contribution in [2.24, 2.45) is 23.7 Å². The molecule has 2 aromatic heterocycles. The molecule has 10 rings (SSSR count). The van der Waals surface area contributed by atoms with Crippen LogP contribution in [0.5, 0.6) is 5.75 Å². The summed E-state index contributed by atoms with van der Waals surface area (Å²) >= 11 is 0. The minimum absolute atomic E-state index is 0.00998. The molecule has 6 bridgehead atoms. The number of rotatable bonds is 5. The number of allylic oxidation sites excluding steroid dienone is 1. The number of benzene rings is 2. The third-order valence-corrected chi connectivity index (χ3v) is 14.4. The summed E-state index contributed by atoms with van der Waals surface area (Å²) in [5, 5.41) is 13.8. The number of likely N-dealkylation sites (tertiary alicyclic amines) is 1. The van der Waals surface area contributed by atoms with E-state index in [4.69, 9.17) is 14.2 Å². The number of carbonyl (C=O) groups excluding carboxylic acids is 2. The van der Waals surface area contributed by atoms with Crippen molar-refractivity contribution >= 4 is 33.7 Å². The number of carbonyl (C=O) groups is 2. The van der Waals surface area contributed by atoms with Gasteiger partial charge in [-0.25, -0.2) is 0 Å². The number of H-pyrrole nitrogens is 2. The average Bonchev–Trinajstić information content (AvgIpc) is 3.69. The van der Waals surface area contributed by atoms with Crippen molar-refractivity contribution in [1.82, 2.24) is 19.8 Å². The Morgan fingerprint density at radius 2 is 1.85 bits per heavy atom. The average molecular weight is 721 g/mol. The Morgan fingerprint density at radius 3 is 2.58 bits per heavy atom. The van der Waals surface area contributed by atoms with Crippen LogP contribution in [0, 0.1) is 23.7 Å². The number of nitrogens with one attached hydrogen (secondary N) is 2. The second kappa shape index (κ2) is 12.7. The Balaban J connectivity index is 1.26. The van der Waals surface area contributed by atoms with Crippen LogP contribution < -0.4 is 4.74 Å². The molecule has 6 heterocycles. The van der Waals surface area contributed by atoms with Gasteiger partial charge in [0.2, 0.25) is 0 Å². The van der Waals surface area contributed by atoms with Crippen molar-refractivity contribution in [3.8, 4) is 5.75 Å². The van der Waals surface area contributed by atoms with Crippen LogP contribution in [0.1, 0.15) is 73.5 Å². The van der Waals surface area contributed by atoms with E-state index < -0.39 is 11.6 Å². The molecule has 10 nitrogen and oxygen atoms in total. The zero-order valence-electron chi connectivity index (χ0n) is 31.7. The molecule has 2 aromatic carbocycles. The van der Waals surface area contributed by atoms with Gasteiger partial charge in [-0.2, -0.15) is 0 Å². The molecule has 10 unspecified atom stereocenters. The summed E-state index contributed by atoms with van der Waals surface area (Å²) in [7, 11) is 6.86. The number of hydrogen-bond acceptors (Lipinski definition) is 8. The fourth-order valence-electron chi connectivity index (χ4n) is 11.9. The molecule has 53 heavy (non-hydrogen) atoms. The van der Waals surface area contributed by atoms with E-state index in [-0.39, 0.29) is 47.7 Å². The molecule has 0 spiro atoms. The molecule has 10 heteroatoms. The van der Waals surface area contributed by atoms with Crippen molar-refractivity contribution < 1.29 is 28.9 Å². The maximum absolute atomic E-state index is 14.2. The Bertz CT molecular complexity index is 2150. The minimum Gasteiger partial charge on any atom is -0.496 e. The van der Waals surface area contributed by atoms with Crippen LogP contribution in [-0.2, 0) is 37.3 Å². The van der Waals surface area contributed by atoms with E-state index in [0.717, 1.165) is 64.1 Å². The van der Waals surface area contributed by atoms with E-state index in [9.17, 15) is 14.7 Å². The number of fused-ring (bicyclic) bond motifs is 9. The fourth-order valence-corrected chi connectivity index (χ4v) is 11.9. The first-order valence-electron chi connectivity index (χ1n) is 19.5. The Morgan fingerprint density at radius 1 is 1.04 bits per heavy atom. The van der Waals surface area contributed by atoms with E-state index in [0.29, 0.717) is 38.1 Å². The van der Waals surface area contributed by atoms with Crippen molar-refractivity contribution in [2.45, 2.75) is 82.0 Å². The molecule has 3 saturated heterocycles. The molecular weight excluding hydrogens is 668 g/mol. The summed E-state index contributed by atoms with van der Waals surface area (Å²) in [5.41, 5.74) is 7.87.